The van der Waals surface area contributed by atoms with E-state index in [-0.39, 0.29) is 25.0 Å². The van der Waals surface area contributed by atoms with Crippen molar-refractivity contribution in [3.8, 4) is 0 Å². The Bertz CT molecular complexity index is 353. The van der Waals surface area contributed by atoms with E-state index in [9.17, 15) is 4.79 Å². The van der Waals surface area contributed by atoms with E-state index in [4.69, 9.17) is 9.84 Å². The van der Waals surface area contributed by atoms with Gasteiger partial charge in [0.1, 0.15) is 0 Å². The van der Waals surface area contributed by atoms with Crippen LogP contribution >= 0.6 is 12.6 Å². The lowest BCUT2D eigenvalue weighted by Crippen LogP contribution is -2.41. The molecule has 0 aliphatic rings. The van der Waals surface area contributed by atoms with E-state index in [0.717, 1.165) is 10.5 Å². The zero-order valence-corrected chi connectivity index (χ0v) is 10.6. The van der Waals surface area contributed by atoms with E-state index < -0.39 is 0 Å². The van der Waals surface area contributed by atoms with Crippen LogP contribution in [-0.2, 0) is 16.0 Å². The molecule has 2 N–H and O–H groups in total. The minimum Gasteiger partial charge on any atom is -0.394 e. The summed E-state index contributed by atoms with van der Waals surface area (Å²) in [4.78, 5) is 12.5. The van der Waals surface area contributed by atoms with Crippen LogP contribution in [0.5, 0.6) is 0 Å². The average Bonchev–Trinajstić information content (AvgIpc) is 2.31. The normalized spacial score (nSPS) is 12.2. The monoisotopic (exact) mass is 255 g/mol. The predicted octanol–water partition coefficient (Wildman–Crippen LogP) is 0.641. The number of thiol groups is 1. The molecule has 4 nitrogen and oxygen atoms in total. The van der Waals surface area contributed by atoms with Crippen LogP contribution in [0, 0.1) is 0 Å². The Morgan fingerprint density at radius 3 is 2.65 bits per heavy atom. The second-order valence-corrected chi connectivity index (χ2v) is 4.26. The molecule has 5 heteroatoms. The molecule has 0 saturated heterocycles. The Hall–Kier alpha value is -1.04. The van der Waals surface area contributed by atoms with Gasteiger partial charge in [0.2, 0.25) is 5.91 Å². The number of hydrogen-bond donors (Lipinski definition) is 3. The molecule has 1 rings (SSSR count). The Morgan fingerprint density at radius 1 is 1.47 bits per heavy atom. The number of aliphatic hydroxyl groups is 1. The van der Waals surface area contributed by atoms with Gasteiger partial charge in [0.15, 0.2) is 0 Å². The van der Waals surface area contributed by atoms with Gasteiger partial charge in [-0.2, -0.15) is 0 Å². The molecule has 1 amide bonds. The summed E-state index contributed by atoms with van der Waals surface area (Å²) in [6.45, 7) is 0.174. The van der Waals surface area contributed by atoms with E-state index in [2.05, 4.69) is 17.9 Å². The van der Waals surface area contributed by atoms with Crippen molar-refractivity contribution in [2.24, 2.45) is 0 Å². The lowest BCUT2D eigenvalue weighted by molar-refractivity contribution is -0.121. The lowest BCUT2D eigenvalue weighted by Gasteiger charge is -2.15. The first-order valence-corrected chi connectivity index (χ1v) is 5.77. The molecule has 1 atom stereocenters. The van der Waals surface area contributed by atoms with Gasteiger partial charge in [0.25, 0.3) is 0 Å². The highest BCUT2D eigenvalue weighted by Gasteiger charge is 2.11. The van der Waals surface area contributed by atoms with Crippen molar-refractivity contribution in [3.63, 3.8) is 0 Å². The van der Waals surface area contributed by atoms with Gasteiger partial charge in [-0.1, -0.05) is 12.1 Å². The molecule has 0 fully saturated rings. The van der Waals surface area contributed by atoms with Crippen LogP contribution in [0.25, 0.3) is 0 Å². The Labute approximate surface area is 106 Å². The first kappa shape index (κ1) is 14.0. The van der Waals surface area contributed by atoms with Crippen molar-refractivity contribution in [1.29, 1.82) is 0 Å². The van der Waals surface area contributed by atoms with Crippen LogP contribution in [0.2, 0.25) is 0 Å². The van der Waals surface area contributed by atoms with Crippen molar-refractivity contribution < 1.29 is 14.6 Å². The molecular weight excluding hydrogens is 238 g/mol. The first-order chi connectivity index (χ1) is 8.15. The molecule has 0 heterocycles. The van der Waals surface area contributed by atoms with Crippen molar-refractivity contribution in [2.75, 3.05) is 20.3 Å². The number of aliphatic hydroxyl groups excluding tert-OH is 1. The molecule has 0 aliphatic carbocycles. The smallest absolute Gasteiger partial charge is 0.224 e. The highest BCUT2D eigenvalue weighted by atomic mass is 32.1. The third-order valence-electron chi connectivity index (χ3n) is 2.25. The van der Waals surface area contributed by atoms with E-state index >= 15 is 0 Å². The first-order valence-electron chi connectivity index (χ1n) is 5.32. The maximum atomic E-state index is 11.6. The molecule has 0 aromatic heterocycles. The Morgan fingerprint density at radius 2 is 2.12 bits per heavy atom. The number of amides is 1. The van der Waals surface area contributed by atoms with Crippen molar-refractivity contribution in [3.05, 3.63) is 29.8 Å². The Balaban J connectivity index is 2.46. The molecule has 0 saturated carbocycles. The maximum absolute atomic E-state index is 11.6. The van der Waals surface area contributed by atoms with Crippen LogP contribution in [0.4, 0.5) is 0 Å². The molecule has 0 aliphatic heterocycles. The average molecular weight is 255 g/mol. The molecule has 0 bridgehead atoms. The van der Waals surface area contributed by atoms with E-state index in [1.165, 1.54) is 7.11 Å². The minimum absolute atomic E-state index is 0.130. The van der Waals surface area contributed by atoms with Crippen LogP contribution in [0.15, 0.2) is 29.2 Å². The fourth-order valence-electron chi connectivity index (χ4n) is 1.42. The highest BCUT2D eigenvalue weighted by Crippen LogP contribution is 2.08. The summed E-state index contributed by atoms with van der Waals surface area (Å²) in [6, 6.07) is 7.03. The number of methoxy groups -OCH3 is 1. The van der Waals surface area contributed by atoms with Crippen molar-refractivity contribution in [2.45, 2.75) is 17.4 Å². The quantitative estimate of drug-likeness (QED) is 0.654. The number of carbonyl (C=O) groups is 1. The summed E-state index contributed by atoms with van der Waals surface area (Å²) in [6.07, 6.45) is 0.286. The van der Waals surface area contributed by atoms with Crippen molar-refractivity contribution in [1.82, 2.24) is 5.32 Å². The minimum atomic E-state index is -0.350. The molecule has 0 radical (unpaired) electrons. The van der Waals surface area contributed by atoms with Gasteiger partial charge in [-0.25, -0.2) is 0 Å². The third-order valence-corrected chi connectivity index (χ3v) is 2.55. The summed E-state index contributed by atoms with van der Waals surface area (Å²) in [5.74, 6) is -0.131. The molecular formula is C12H17NO3S. The lowest BCUT2D eigenvalue weighted by atomic mass is 10.1. The summed E-state index contributed by atoms with van der Waals surface area (Å²) in [5.41, 5.74) is 0.911. The largest absolute Gasteiger partial charge is 0.394 e. The SMILES string of the molecule is COCC(CO)NC(=O)Cc1ccc(S)cc1. The standard InChI is InChI=1S/C12H17NO3S/c1-16-8-10(7-14)13-12(15)6-9-2-4-11(17)5-3-9/h2-5,10,14,17H,6-8H2,1H3,(H,13,15). The van der Waals surface area contributed by atoms with E-state index in [1.54, 1.807) is 0 Å². The summed E-state index contributed by atoms with van der Waals surface area (Å²) < 4.78 is 4.88. The van der Waals surface area contributed by atoms with Gasteiger partial charge < -0.3 is 15.2 Å². The molecule has 17 heavy (non-hydrogen) atoms. The predicted molar refractivity (Wildman–Crippen MR) is 68.3 cm³/mol. The summed E-state index contributed by atoms with van der Waals surface area (Å²) >= 11 is 4.17. The molecule has 1 unspecified atom stereocenters. The second-order valence-electron chi connectivity index (χ2n) is 3.75. The third kappa shape index (κ3) is 5.21. The van der Waals surface area contributed by atoms with Gasteiger partial charge in [-0.3, -0.25) is 4.79 Å². The number of rotatable bonds is 6. The molecule has 0 spiro atoms. The topological polar surface area (TPSA) is 58.6 Å². The molecule has 1 aromatic rings. The zero-order chi connectivity index (χ0) is 12.7. The fraction of sp³-hybridized carbons (Fsp3) is 0.417. The van der Waals surface area contributed by atoms with E-state index in [1.807, 2.05) is 24.3 Å². The summed E-state index contributed by atoms with van der Waals surface area (Å²) in [7, 11) is 1.53. The van der Waals surface area contributed by atoms with Gasteiger partial charge >= 0.3 is 0 Å². The fourth-order valence-corrected chi connectivity index (χ4v) is 1.57. The number of carbonyl (C=O) groups excluding carboxylic acids is 1. The number of nitrogens with one attached hydrogen (secondary N) is 1. The Kier molecular flexibility index (Phi) is 6.04. The molecule has 94 valence electrons. The van der Waals surface area contributed by atoms with E-state index in [0.29, 0.717) is 6.61 Å². The highest BCUT2D eigenvalue weighted by molar-refractivity contribution is 7.80. The number of hydrogen-bond acceptors (Lipinski definition) is 4. The van der Waals surface area contributed by atoms with Crippen LogP contribution in [0.1, 0.15) is 5.56 Å². The van der Waals surface area contributed by atoms with Gasteiger partial charge in [0.05, 0.1) is 25.7 Å². The molecule has 1 aromatic carbocycles. The second kappa shape index (κ2) is 7.32. The number of benzene rings is 1. The van der Waals surface area contributed by atoms with Crippen molar-refractivity contribution >= 4 is 18.5 Å². The summed E-state index contributed by atoms with van der Waals surface area (Å²) in [5, 5.41) is 11.7. The van der Waals surface area contributed by atoms with Crippen LogP contribution < -0.4 is 5.32 Å². The number of ether oxygens (including phenoxy) is 1. The van der Waals surface area contributed by atoms with Gasteiger partial charge in [-0.15, -0.1) is 12.6 Å². The zero-order valence-electron chi connectivity index (χ0n) is 9.72. The van der Waals surface area contributed by atoms with Gasteiger partial charge in [-0.05, 0) is 17.7 Å². The van der Waals surface area contributed by atoms with Crippen LogP contribution in [0.3, 0.4) is 0 Å². The van der Waals surface area contributed by atoms with Gasteiger partial charge in [0, 0.05) is 12.0 Å². The van der Waals surface area contributed by atoms with Crippen LogP contribution in [-0.4, -0.2) is 37.4 Å². The maximum Gasteiger partial charge on any atom is 0.224 e.